The van der Waals surface area contributed by atoms with Crippen LogP contribution < -0.4 is 10.6 Å². The van der Waals surface area contributed by atoms with Gasteiger partial charge in [-0.1, -0.05) is 59.6 Å². The lowest BCUT2D eigenvalue weighted by molar-refractivity contribution is -0.117. The Kier molecular flexibility index (Phi) is 7.63. The monoisotopic (exact) mass is 466 g/mol. The van der Waals surface area contributed by atoms with E-state index in [2.05, 4.69) is 26.6 Å². The van der Waals surface area contributed by atoms with Crippen LogP contribution in [0.3, 0.4) is 0 Å². The van der Waals surface area contributed by atoms with Crippen molar-refractivity contribution in [1.82, 2.24) is 10.6 Å². The van der Waals surface area contributed by atoms with Crippen LogP contribution >= 0.6 is 15.9 Å². The molecule has 3 aromatic rings. The molecule has 0 aliphatic carbocycles. The first-order valence-electron chi connectivity index (χ1n) is 9.79. The summed E-state index contributed by atoms with van der Waals surface area (Å²) >= 11 is 3.41. The Bertz CT molecular complexity index is 1020. The van der Waals surface area contributed by atoms with E-state index in [4.69, 9.17) is 4.42 Å². The number of rotatable bonds is 8. The average molecular weight is 467 g/mol. The third kappa shape index (κ3) is 5.94. The smallest absolute Gasteiger partial charge is 0.267 e. The average Bonchev–Trinajstić information content (AvgIpc) is 3.23. The topological polar surface area (TPSA) is 71.3 Å². The third-order valence-electron chi connectivity index (χ3n) is 4.39. The molecule has 0 saturated heterocycles. The summed E-state index contributed by atoms with van der Waals surface area (Å²) in [7, 11) is 0. The normalized spacial score (nSPS) is 11.2. The van der Waals surface area contributed by atoms with Crippen molar-refractivity contribution < 1.29 is 14.0 Å². The summed E-state index contributed by atoms with van der Waals surface area (Å²) in [6.07, 6.45) is 3.37. The largest absolute Gasteiger partial charge is 0.457 e. The number of halogens is 1. The van der Waals surface area contributed by atoms with Crippen LogP contribution in [0, 0.1) is 0 Å². The molecule has 0 unspecified atom stereocenters. The fourth-order valence-electron chi connectivity index (χ4n) is 2.76. The zero-order valence-electron chi connectivity index (χ0n) is 16.7. The molecule has 0 saturated carbocycles. The predicted octanol–water partition coefficient (Wildman–Crippen LogP) is 5.40. The molecule has 0 spiro atoms. The van der Waals surface area contributed by atoms with Gasteiger partial charge in [-0.2, -0.15) is 0 Å². The molecule has 1 heterocycles. The molecule has 0 radical (unpaired) electrons. The fraction of sp³-hybridized carbons (Fsp3) is 0.167. The first-order chi connectivity index (χ1) is 14.6. The highest BCUT2D eigenvalue weighted by molar-refractivity contribution is 9.10. The van der Waals surface area contributed by atoms with Crippen LogP contribution in [0.2, 0.25) is 0 Å². The van der Waals surface area contributed by atoms with Gasteiger partial charge >= 0.3 is 0 Å². The Hall–Kier alpha value is -3.12. The Morgan fingerprint density at radius 3 is 2.43 bits per heavy atom. The lowest BCUT2D eigenvalue weighted by atomic mass is 10.2. The van der Waals surface area contributed by atoms with E-state index < -0.39 is 0 Å². The fourth-order valence-corrected chi connectivity index (χ4v) is 3.02. The van der Waals surface area contributed by atoms with E-state index in [1.54, 1.807) is 36.4 Å². The van der Waals surface area contributed by atoms with Crippen LogP contribution in [0.4, 0.5) is 0 Å². The molecule has 2 amide bonds. The number of furan rings is 1. The highest BCUT2D eigenvalue weighted by Gasteiger charge is 2.15. The molecule has 2 N–H and O–H groups in total. The van der Waals surface area contributed by atoms with Gasteiger partial charge in [0, 0.05) is 28.2 Å². The Labute approximate surface area is 184 Å². The molecule has 1 aromatic heterocycles. The summed E-state index contributed by atoms with van der Waals surface area (Å²) in [5.41, 5.74) is 1.52. The lowest BCUT2D eigenvalue weighted by Gasteiger charge is -2.10. The Morgan fingerprint density at radius 1 is 1.00 bits per heavy atom. The minimum Gasteiger partial charge on any atom is -0.457 e. The van der Waals surface area contributed by atoms with Crippen molar-refractivity contribution in [1.29, 1.82) is 0 Å². The summed E-state index contributed by atoms with van der Waals surface area (Å²) in [5.74, 6) is 0.442. The maximum Gasteiger partial charge on any atom is 0.267 e. The van der Waals surface area contributed by atoms with Crippen LogP contribution in [0.25, 0.3) is 17.4 Å². The van der Waals surface area contributed by atoms with Crippen molar-refractivity contribution in [3.8, 4) is 11.3 Å². The summed E-state index contributed by atoms with van der Waals surface area (Å²) in [5, 5.41) is 5.55. The minimum atomic E-state index is -0.354. The number of benzene rings is 2. The molecule has 0 aliphatic rings. The molecule has 30 heavy (non-hydrogen) atoms. The van der Waals surface area contributed by atoms with Crippen molar-refractivity contribution in [2.75, 3.05) is 6.54 Å². The summed E-state index contributed by atoms with van der Waals surface area (Å²) < 4.78 is 6.86. The van der Waals surface area contributed by atoms with Crippen molar-refractivity contribution in [3.63, 3.8) is 0 Å². The van der Waals surface area contributed by atoms with Gasteiger partial charge in [-0.3, -0.25) is 9.59 Å². The van der Waals surface area contributed by atoms with Gasteiger partial charge in [0.2, 0.25) is 0 Å². The van der Waals surface area contributed by atoms with Gasteiger partial charge in [-0.05, 0) is 42.8 Å². The number of amides is 2. The van der Waals surface area contributed by atoms with Crippen LogP contribution in [0.1, 0.15) is 35.9 Å². The van der Waals surface area contributed by atoms with Crippen molar-refractivity contribution in [3.05, 3.63) is 88.2 Å². The van der Waals surface area contributed by atoms with Gasteiger partial charge < -0.3 is 15.1 Å². The molecule has 0 aliphatic heterocycles. The van der Waals surface area contributed by atoms with Gasteiger partial charge in [-0.25, -0.2) is 0 Å². The SMILES string of the molecule is CCCCNC(=O)C(=Cc1ccc(-c2ccc(Br)cc2)o1)NC(=O)c1ccccc1. The zero-order chi connectivity index (χ0) is 21.3. The van der Waals surface area contributed by atoms with Gasteiger partial charge in [0.1, 0.15) is 17.2 Å². The zero-order valence-corrected chi connectivity index (χ0v) is 18.2. The maximum absolute atomic E-state index is 12.7. The van der Waals surface area contributed by atoms with Gasteiger partial charge in [0.25, 0.3) is 11.8 Å². The molecule has 3 rings (SSSR count). The summed E-state index contributed by atoms with van der Waals surface area (Å²) in [6, 6.07) is 20.1. The molecule has 154 valence electrons. The third-order valence-corrected chi connectivity index (χ3v) is 4.92. The standard InChI is InChI=1S/C24H23BrN2O3/c1-2-3-15-26-24(29)21(27-23(28)18-7-5-4-6-8-18)16-20-13-14-22(30-20)17-9-11-19(25)12-10-17/h4-14,16H,2-3,15H2,1H3,(H,26,29)(H,27,28). The Balaban J connectivity index is 1.83. The summed E-state index contributed by atoms with van der Waals surface area (Å²) in [6.45, 7) is 2.59. The number of carbonyl (C=O) groups excluding carboxylic acids is 2. The van der Waals surface area contributed by atoms with E-state index in [0.717, 1.165) is 22.9 Å². The number of nitrogens with one attached hydrogen (secondary N) is 2. The van der Waals surface area contributed by atoms with E-state index in [1.807, 2.05) is 43.3 Å². The molecular formula is C24H23BrN2O3. The molecule has 5 nitrogen and oxygen atoms in total. The predicted molar refractivity (Wildman–Crippen MR) is 122 cm³/mol. The second-order valence-corrected chi connectivity index (χ2v) is 7.61. The lowest BCUT2D eigenvalue weighted by Crippen LogP contribution is -2.35. The molecule has 0 bridgehead atoms. The van der Waals surface area contributed by atoms with Gasteiger partial charge in [0.15, 0.2) is 0 Å². The highest BCUT2D eigenvalue weighted by Crippen LogP contribution is 2.25. The van der Waals surface area contributed by atoms with E-state index in [9.17, 15) is 9.59 Å². The van der Waals surface area contributed by atoms with Crippen molar-refractivity contribution >= 4 is 33.8 Å². The minimum absolute atomic E-state index is 0.136. The number of hydrogen-bond donors (Lipinski definition) is 2. The van der Waals surface area contributed by atoms with Gasteiger partial charge in [0.05, 0.1) is 0 Å². The maximum atomic E-state index is 12.7. The molecule has 0 atom stereocenters. The van der Waals surface area contributed by atoms with Crippen molar-refractivity contribution in [2.24, 2.45) is 0 Å². The second kappa shape index (κ2) is 10.6. The first kappa shape index (κ1) is 21.6. The highest BCUT2D eigenvalue weighted by atomic mass is 79.9. The molecule has 2 aromatic carbocycles. The van der Waals surface area contributed by atoms with Crippen LogP contribution in [0.15, 0.2) is 81.3 Å². The molecular weight excluding hydrogens is 444 g/mol. The van der Waals surface area contributed by atoms with Gasteiger partial charge in [-0.15, -0.1) is 0 Å². The first-order valence-corrected chi connectivity index (χ1v) is 10.6. The van der Waals surface area contributed by atoms with Crippen LogP contribution in [-0.4, -0.2) is 18.4 Å². The number of carbonyl (C=O) groups is 2. The molecule has 6 heteroatoms. The number of unbranched alkanes of at least 4 members (excludes halogenated alkanes) is 1. The van der Waals surface area contributed by atoms with E-state index >= 15 is 0 Å². The van der Waals surface area contributed by atoms with E-state index in [-0.39, 0.29) is 17.5 Å². The number of hydrogen-bond acceptors (Lipinski definition) is 3. The quantitative estimate of drug-likeness (QED) is 0.345. The van der Waals surface area contributed by atoms with E-state index in [1.165, 1.54) is 0 Å². The van der Waals surface area contributed by atoms with E-state index in [0.29, 0.717) is 23.6 Å². The van der Waals surface area contributed by atoms with Crippen LogP contribution in [0.5, 0.6) is 0 Å². The molecule has 0 fully saturated rings. The van der Waals surface area contributed by atoms with Crippen LogP contribution in [-0.2, 0) is 4.79 Å². The Morgan fingerprint density at radius 2 is 1.73 bits per heavy atom. The van der Waals surface area contributed by atoms with Crippen molar-refractivity contribution in [2.45, 2.75) is 19.8 Å². The second-order valence-electron chi connectivity index (χ2n) is 6.70. The summed E-state index contributed by atoms with van der Waals surface area (Å²) in [4.78, 5) is 25.2.